The molecule has 0 bridgehead atoms. The van der Waals surface area contributed by atoms with Gasteiger partial charge in [-0.3, -0.25) is 14.9 Å². The third-order valence-electron chi connectivity index (χ3n) is 2.09. The van der Waals surface area contributed by atoms with E-state index in [1.165, 1.54) is 0 Å². The largest absolute Gasteiger partial charge is 0.455 e. The van der Waals surface area contributed by atoms with E-state index in [0.29, 0.717) is 0 Å². The van der Waals surface area contributed by atoms with Gasteiger partial charge in [0.15, 0.2) is 0 Å². The Kier molecular flexibility index (Phi) is 3.99. The van der Waals surface area contributed by atoms with E-state index in [1.54, 1.807) is 0 Å². The average Bonchev–Trinajstić information content (AvgIpc) is 2.24. The second-order valence-corrected chi connectivity index (χ2v) is 3.84. The van der Waals surface area contributed by atoms with Gasteiger partial charge < -0.3 is 0 Å². The molecule has 0 aliphatic rings. The zero-order chi connectivity index (χ0) is 15.9. The predicted molar refractivity (Wildman–Crippen MR) is 53.5 cm³/mol. The Labute approximate surface area is 111 Å². The van der Waals surface area contributed by atoms with Crippen LogP contribution in [0.5, 0.6) is 0 Å². The number of nitro benzene ring substituents is 1. The first-order valence-corrected chi connectivity index (χ1v) is 4.90. The zero-order valence-corrected chi connectivity index (χ0v) is 9.73. The molecule has 0 aliphatic carbocycles. The van der Waals surface area contributed by atoms with Gasteiger partial charge in [0.25, 0.3) is 11.5 Å². The molecule has 0 N–H and O–H groups in total. The SMILES string of the molecule is O=C(c1cc(Cl)c(C(F)(F)F)cc1[N+](=O)[O-])C(F)(F)F. The van der Waals surface area contributed by atoms with E-state index < -0.39 is 44.9 Å². The van der Waals surface area contributed by atoms with Crippen molar-refractivity contribution in [3.63, 3.8) is 0 Å². The van der Waals surface area contributed by atoms with E-state index >= 15 is 0 Å². The number of ketones is 1. The molecule has 0 aliphatic heterocycles. The van der Waals surface area contributed by atoms with Crippen molar-refractivity contribution in [1.29, 1.82) is 0 Å². The molecule has 0 amide bonds. The normalized spacial score (nSPS) is 12.3. The van der Waals surface area contributed by atoms with Crippen LogP contribution < -0.4 is 0 Å². The van der Waals surface area contributed by atoms with Crippen molar-refractivity contribution in [3.8, 4) is 0 Å². The average molecular weight is 322 g/mol. The summed E-state index contributed by atoms with van der Waals surface area (Å²) in [6, 6.07) is -0.223. The van der Waals surface area contributed by atoms with Gasteiger partial charge >= 0.3 is 12.4 Å². The fourth-order valence-electron chi connectivity index (χ4n) is 1.26. The number of benzene rings is 1. The molecule has 0 heterocycles. The first kappa shape index (κ1) is 16.2. The second kappa shape index (κ2) is 4.93. The van der Waals surface area contributed by atoms with Gasteiger partial charge in [0, 0.05) is 6.07 Å². The highest BCUT2D eigenvalue weighted by atomic mass is 35.5. The number of hydrogen-bond donors (Lipinski definition) is 0. The van der Waals surface area contributed by atoms with Crippen LogP contribution in [0.25, 0.3) is 0 Å². The molecule has 11 heteroatoms. The monoisotopic (exact) mass is 321 g/mol. The third kappa shape index (κ3) is 3.18. The fourth-order valence-corrected chi connectivity index (χ4v) is 1.54. The summed E-state index contributed by atoms with van der Waals surface area (Å²) in [4.78, 5) is 19.9. The zero-order valence-electron chi connectivity index (χ0n) is 8.97. The van der Waals surface area contributed by atoms with E-state index in [9.17, 15) is 41.3 Å². The van der Waals surface area contributed by atoms with Crippen LogP contribution in [0.3, 0.4) is 0 Å². The van der Waals surface area contributed by atoms with Crippen LogP contribution in [0.2, 0.25) is 5.02 Å². The highest BCUT2D eigenvalue weighted by molar-refractivity contribution is 6.32. The number of carbonyl (C=O) groups excluding carboxylic acids is 1. The summed E-state index contributed by atoms with van der Waals surface area (Å²) in [6.45, 7) is 0. The molecule has 0 saturated heterocycles. The van der Waals surface area contributed by atoms with Crippen molar-refractivity contribution >= 4 is 23.1 Å². The number of nitrogens with zero attached hydrogens (tertiary/aromatic N) is 1. The Bertz CT molecular complexity index is 580. The summed E-state index contributed by atoms with van der Waals surface area (Å²) in [5, 5.41) is 9.28. The second-order valence-electron chi connectivity index (χ2n) is 3.43. The Balaban J connectivity index is 3.60. The minimum absolute atomic E-state index is 0.0155. The summed E-state index contributed by atoms with van der Waals surface area (Å²) in [5.41, 5.74) is -4.88. The molecule has 0 fully saturated rings. The quantitative estimate of drug-likeness (QED) is 0.358. The lowest BCUT2D eigenvalue weighted by atomic mass is 10.0. The lowest BCUT2D eigenvalue weighted by Gasteiger charge is -2.11. The van der Waals surface area contributed by atoms with Crippen LogP contribution >= 0.6 is 11.6 Å². The van der Waals surface area contributed by atoms with Gasteiger partial charge in [-0.15, -0.1) is 0 Å². The van der Waals surface area contributed by atoms with Crippen LogP contribution in [-0.4, -0.2) is 16.9 Å². The fraction of sp³-hybridized carbons (Fsp3) is 0.222. The van der Waals surface area contributed by atoms with Crippen molar-refractivity contribution in [1.82, 2.24) is 0 Å². The van der Waals surface area contributed by atoms with Crippen molar-refractivity contribution in [3.05, 3.63) is 38.4 Å². The molecule has 0 unspecified atom stereocenters. The molecule has 1 rings (SSSR count). The van der Waals surface area contributed by atoms with E-state index in [1.807, 2.05) is 0 Å². The standard InChI is InChI=1S/C9H2ClF6NO3/c10-5-1-3(7(18)9(14,15)16)6(17(19)20)2-4(5)8(11,12)13/h1-2H. The third-order valence-corrected chi connectivity index (χ3v) is 2.40. The van der Waals surface area contributed by atoms with Gasteiger partial charge in [0.05, 0.1) is 15.5 Å². The minimum Gasteiger partial charge on any atom is -0.284 e. The Morgan fingerprint density at radius 2 is 1.65 bits per heavy atom. The summed E-state index contributed by atoms with van der Waals surface area (Å²) in [7, 11) is 0. The van der Waals surface area contributed by atoms with E-state index in [2.05, 4.69) is 0 Å². The van der Waals surface area contributed by atoms with Crippen molar-refractivity contribution in [2.24, 2.45) is 0 Å². The molecule has 0 atom stereocenters. The number of Topliss-reactive ketones (excluding diaryl/α,β-unsaturated/α-hetero) is 1. The molecule has 20 heavy (non-hydrogen) atoms. The van der Waals surface area contributed by atoms with Gasteiger partial charge in [-0.2, -0.15) is 26.3 Å². The molecule has 0 radical (unpaired) electrons. The van der Waals surface area contributed by atoms with Gasteiger partial charge in [-0.1, -0.05) is 11.6 Å². The molecular weight excluding hydrogens is 320 g/mol. The first-order valence-electron chi connectivity index (χ1n) is 4.52. The summed E-state index contributed by atoms with van der Waals surface area (Å²) >= 11 is 5.12. The van der Waals surface area contributed by atoms with Crippen LogP contribution in [0.1, 0.15) is 15.9 Å². The predicted octanol–water partition coefficient (Wildman–Crippen LogP) is 4.01. The van der Waals surface area contributed by atoms with Crippen molar-refractivity contribution < 1.29 is 36.1 Å². The molecular formula is C9H2ClF6NO3. The molecule has 1 aromatic carbocycles. The van der Waals surface area contributed by atoms with Crippen LogP contribution in [-0.2, 0) is 6.18 Å². The van der Waals surface area contributed by atoms with Crippen LogP contribution in [0.15, 0.2) is 12.1 Å². The molecule has 0 aromatic heterocycles. The number of nitro groups is 1. The van der Waals surface area contributed by atoms with E-state index in [-0.39, 0.29) is 12.1 Å². The summed E-state index contributed by atoms with van der Waals surface area (Å²) in [6.07, 6.45) is -10.6. The number of carbonyl (C=O) groups is 1. The lowest BCUT2D eigenvalue weighted by Crippen LogP contribution is -2.24. The molecule has 0 spiro atoms. The molecule has 4 nitrogen and oxygen atoms in total. The topological polar surface area (TPSA) is 60.2 Å². The Hall–Kier alpha value is -1.84. The molecule has 110 valence electrons. The van der Waals surface area contributed by atoms with Crippen LogP contribution in [0.4, 0.5) is 32.0 Å². The number of rotatable bonds is 2. The molecule has 0 saturated carbocycles. The highest BCUT2D eigenvalue weighted by Gasteiger charge is 2.44. The van der Waals surface area contributed by atoms with Gasteiger partial charge in [0.1, 0.15) is 5.56 Å². The first-order chi connectivity index (χ1) is 8.85. The lowest BCUT2D eigenvalue weighted by molar-refractivity contribution is -0.385. The summed E-state index contributed by atoms with van der Waals surface area (Å²) < 4.78 is 74.0. The highest BCUT2D eigenvalue weighted by Crippen LogP contribution is 2.39. The van der Waals surface area contributed by atoms with Gasteiger partial charge in [0.2, 0.25) is 0 Å². The summed E-state index contributed by atoms with van der Waals surface area (Å²) in [5.74, 6) is -2.65. The number of halogens is 7. The molecule has 1 aromatic rings. The maximum atomic E-state index is 12.4. The maximum Gasteiger partial charge on any atom is 0.455 e. The van der Waals surface area contributed by atoms with Crippen molar-refractivity contribution in [2.45, 2.75) is 12.4 Å². The van der Waals surface area contributed by atoms with Gasteiger partial charge in [-0.05, 0) is 6.07 Å². The smallest absolute Gasteiger partial charge is 0.284 e. The van der Waals surface area contributed by atoms with Crippen LogP contribution in [0, 0.1) is 10.1 Å². The Morgan fingerprint density at radius 1 is 1.15 bits per heavy atom. The maximum absolute atomic E-state index is 12.4. The van der Waals surface area contributed by atoms with E-state index in [0.717, 1.165) is 0 Å². The number of alkyl halides is 6. The van der Waals surface area contributed by atoms with E-state index in [4.69, 9.17) is 11.6 Å². The number of hydrogen-bond acceptors (Lipinski definition) is 3. The van der Waals surface area contributed by atoms with Crippen molar-refractivity contribution in [2.75, 3.05) is 0 Å². The van der Waals surface area contributed by atoms with Gasteiger partial charge in [-0.25, -0.2) is 0 Å². The minimum atomic E-state index is -5.48. The Morgan fingerprint density at radius 3 is 2.00 bits per heavy atom.